The van der Waals surface area contributed by atoms with E-state index in [4.69, 9.17) is 9.84 Å². The lowest BCUT2D eigenvalue weighted by Crippen LogP contribution is -2.20. The summed E-state index contributed by atoms with van der Waals surface area (Å²) >= 11 is 0. The van der Waals surface area contributed by atoms with Gasteiger partial charge in [-0.3, -0.25) is 0 Å². The lowest BCUT2D eigenvalue weighted by atomic mass is 10.1. The first kappa shape index (κ1) is 13.5. The number of benzene rings is 1. The Bertz CT molecular complexity index is 491. The monoisotopic (exact) mass is 259 g/mol. The van der Waals surface area contributed by atoms with Crippen LogP contribution in [-0.4, -0.2) is 35.0 Å². The molecule has 5 heteroatoms. The van der Waals surface area contributed by atoms with Gasteiger partial charge in [-0.1, -0.05) is 12.1 Å². The van der Waals surface area contributed by atoms with Gasteiger partial charge in [-0.05, 0) is 36.7 Å². The van der Waals surface area contributed by atoms with Crippen molar-refractivity contribution in [1.29, 1.82) is 0 Å². The molecule has 0 amide bonds. The zero-order valence-electron chi connectivity index (χ0n) is 10.6. The SMILES string of the molecule is OCCNCCc1cccc(Oc2cccnn2)c1. The minimum absolute atomic E-state index is 0.163. The van der Waals surface area contributed by atoms with E-state index in [-0.39, 0.29) is 6.61 Å². The van der Waals surface area contributed by atoms with Gasteiger partial charge in [0.25, 0.3) is 0 Å². The molecule has 2 aromatic rings. The molecule has 1 aromatic carbocycles. The summed E-state index contributed by atoms with van der Waals surface area (Å²) in [5.41, 5.74) is 1.17. The van der Waals surface area contributed by atoms with Crippen LogP contribution < -0.4 is 10.1 Å². The molecular formula is C14H17N3O2. The van der Waals surface area contributed by atoms with E-state index in [1.165, 1.54) is 5.56 Å². The van der Waals surface area contributed by atoms with Crippen molar-refractivity contribution in [3.05, 3.63) is 48.2 Å². The van der Waals surface area contributed by atoms with Crippen LogP contribution >= 0.6 is 0 Å². The summed E-state index contributed by atoms with van der Waals surface area (Å²) < 4.78 is 5.61. The number of rotatable bonds is 7. The van der Waals surface area contributed by atoms with Crippen LogP contribution in [0.2, 0.25) is 0 Å². The van der Waals surface area contributed by atoms with Gasteiger partial charge in [0.1, 0.15) is 5.75 Å². The van der Waals surface area contributed by atoms with Gasteiger partial charge in [-0.25, -0.2) is 0 Å². The molecule has 1 heterocycles. The standard InChI is InChI=1S/C14H17N3O2/c18-10-9-15-8-6-12-3-1-4-13(11-12)19-14-5-2-7-16-17-14/h1-5,7,11,15,18H,6,8-10H2. The number of aliphatic hydroxyl groups excluding tert-OH is 1. The molecule has 0 spiro atoms. The van der Waals surface area contributed by atoms with Crippen LogP contribution in [0.1, 0.15) is 5.56 Å². The summed E-state index contributed by atoms with van der Waals surface area (Å²) in [5, 5.41) is 19.5. The Balaban J connectivity index is 1.91. The van der Waals surface area contributed by atoms with Crippen molar-refractivity contribution in [3.63, 3.8) is 0 Å². The van der Waals surface area contributed by atoms with Crippen LogP contribution in [0.3, 0.4) is 0 Å². The van der Waals surface area contributed by atoms with E-state index < -0.39 is 0 Å². The van der Waals surface area contributed by atoms with E-state index in [0.717, 1.165) is 18.7 Å². The predicted octanol–water partition coefficient (Wildman–Crippen LogP) is 1.39. The summed E-state index contributed by atoms with van der Waals surface area (Å²) in [6.07, 6.45) is 2.49. The summed E-state index contributed by atoms with van der Waals surface area (Å²) in [6.45, 7) is 1.61. The minimum atomic E-state index is 0.163. The number of hydrogen-bond acceptors (Lipinski definition) is 5. The molecule has 0 saturated heterocycles. The van der Waals surface area contributed by atoms with Gasteiger partial charge in [0, 0.05) is 18.8 Å². The second-order valence-electron chi connectivity index (χ2n) is 4.03. The maximum atomic E-state index is 8.68. The molecular weight excluding hydrogens is 242 g/mol. The van der Waals surface area contributed by atoms with E-state index >= 15 is 0 Å². The lowest BCUT2D eigenvalue weighted by molar-refractivity contribution is 0.293. The van der Waals surface area contributed by atoms with Crippen molar-refractivity contribution < 1.29 is 9.84 Å². The molecule has 1 aromatic heterocycles. The molecule has 0 radical (unpaired) electrons. The Kier molecular flexibility index (Phi) is 5.28. The average molecular weight is 259 g/mol. The number of hydrogen-bond donors (Lipinski definition) is 2. The number of aliphatic hydroxyl groups is 1. The maximum Gasteiger partial charge on any atom is 0.238 e. The van der Waals surface area contributed by atoms with E-state index in [1.807, 2.05) is 24.3 Å². The molecule has 2 rings (SSSR count). The fraction of sp³-hybridized carbons (Fsp3) is 0.286. The quantitative estimate of drug-likeness (QED) is 0.736. The van der Waals surface area contributed by atoms with Crippen LogP contribution in [0.5, 0.6) is 11.6 Å². The molecule has 0 saturated carbocycles. The van der Waals surface area contributed by atoms with E-state index in [1.54, 1.807) is 18.3 Å². The molecule has 0 atom stereocenters. The molecule has 0 aliphatic carbocycles. The molecule has 0 bridgehead atoms. The van der Waals surface area contributed by atoms with Crippen molar-refractivity contribution in [2.75, 3.05) is 19.7 Å². The van der Waals surface area contributed by atoms with Gasteiger partial charge in [0.05, 0.1) is 6.61 Å². The highest BCUT2D eigenvalue weighted by Gasteiger charge is 2.00. The summed E-state index contributed by atoms with van der Waals surface area (Å²) in [7, 11) is 0. The highest BCUT2D eigenvalue weighted by molar-refractivity contribution is 5.31. The molecule has 19 heavy (non-hydrogen) atoms. The zero-order valence-corrected chi connectivity index (χ0v) is 10.6. The first-order valence-electron chi connectivity index (χ1n) is 6.24. The van der Waals surface area contributed by atoms with Crippen LogP contribution in [-0.2, 0) is 6.42 Å². The van der Waals surface area contributed by atoms with Crippen LogP contribution in [0, 0.1) is 0 Å². The van der Waals surface area contributed by atoms with Crippen LogP contribution in [0.25, 0.3) is 0 Å². The molecule has 100 valence electrons. The van der Waals surface area contributed by atoms with Crippen molar-refractivity contribution in [2.24, 2.45) is 0 Å². The number of nitrogens with one attached hydrogen (secondary N) is 1. The number of nitrogens with zero attached hydrogens (tertiary/aromatic N) is 2. The third-order valence-electron chi connectivity index (χ3n) is 2.55. The van der Waals surface area contributed by atoms with Crippen molar-refractivity contribution in [3.8, 4) is 11.6 Å². The molecule has 0 aliphatic rings. The predicted molar refractivity (Wildman–Crippen MR) is 72.2 cm³/mol. The molecule has 0 unspecified atom stereocenters. The Hall–Kier alpha value is -1.98. The number of ether oxygens (including phenoxy) is 1. The first-order valence-corrected chi connectivity index (χ1v) is 6.24. The topological polar surface area (TPSA) is 67.3 Å². The molecule has 2 N–H and O–H groups in total. The highest BCUT2D eigenvalue weighted by atomic mass is 16.5. The summed E-state index contributed by atoms with van der Waals surface area (Å²) in [6, 6.07) is 11.4. The van der Waals surface area contributed by atoms with E-state index in [0.29, 0.717) is 12.4 Å². The molecule has 0 fully saturated rings. The highest BCUT2D eigenvalue weighted by Crippen LogP contribution is 2.19. The second kappa shape index (κ2) is 7.45. The van der Waals surface area contributed by atoms with E-state index in [2.05, 4.69) is 15.5 Å². The summed E-state index contributed by atoms with van der Waals surface area (Å²) in [5.74, 6) is 1.23. The largest absolute Gasteiger partial charge is 0.438 e. The van der Waals surface area contributed by atoms with Crippen LogP contribution in [0.4, 0.5) is 0 Å². The van der Waals surface area contributed by atoms with Gasteiger partial charge in [0.15, 0.2) is 0 Å². The molecule has 5 nitrogen and oxygen atoms in total. The average Bonchev–Trinajstić information content (AvgIpc) is 2.45. The van der Waals surface area contributed by atoms with Gasteiger partial charge in [0.2, 0.25) is 5.88 Å². The third-order valence-corrected chi connectivity index (χ3v) is 2.55. The smallest absolute Gasteiger partial charge is 0.238 e. The normalized spacial score (nSPS) is 10.4. The zero-order chi connectivity index (χ0) is 13.3. The third kappa shape index (κ3) is 4.65. The number of aromatic nitrogens is 2. The Morgan fingerprint density at radius 3 is 2.89 bits per heavy atom. The Labute approximate surface area is 112 Å². The maximum absolute atomic E-state index is 8.68. The van der Waals surface area contributed by atoms with Crippen molar-refractivity contribution in [2.45, 2.75) is 6.42 Å². The Morgan fingerprint density at radius 1 is 1.16 bits per heavy atom. The van der Waals surface area contributed by atoms with Gasteiger partial charge >= 0.3 is 0 Å². The first-order chi connectivity index (χ1) is 9.38. The van der Waals surface area contributed by atoms with Gasteiger partial charge in [-0.15, -0.1) is 5.10 Å². The summed E-state index contributed by atoms with van der Waals surface area (Å²) in [4.78, 5) is 0. The fourth-order valence-corrected chi connectivity index (χ4v) is 1.66. The second-order valence-corrected chi connectivity index (χ2v) is 4.03. The van der Waals surface area contributed by atoms with E-state index in [9.17, 15) is 0 Å². The van der Waals surface area contributed by atoms with Crippen LogP contribution in [0.15, 0.2) is 42.6 Å². The van der Waals surface area contributed by atoms with Gasteiger partial charge in [-0.2, -0.15) is 5.10 Å². The molecule has 0 aliphatic heterocycles. The minimum Gasteiger partial charge on any atom is -0.438 e. The van der Waals surface area contributed by atoms with Crippen molar-refractivity contribution in [1.82, 2.24) is 15.5 Å². The lowest BCUT2D eigenvalue weighted by Gasteiger charge is -2.07. The van der Waals surface area contributed by atoms with Gasteiger partial charge < -0.3 is 15.2 Å². The fourth-order valence-electron chi connectivity index (χ4n) is 1.66. The van der Waals surface area contributed by atoms with Crippen molar-refractivity contribution >= 4 is 0 Å². The Morgan fingerprint density at radius 2 is 2.11 bits per heavy atom.